The molecule has 0 saturated heterocycles. The number of hydrogen-bond acceptors (Lipinski definition) is 4. The Hall–Kier alpha value is -9.90. The summed E-state index contributed by atoms with van der Waals surface area (Å²) in [5.74, 6) is 0. The first-order valence-corrected chi connectivity index (χ1v) is 26.1. The molecule has 2 aromatic heterocycles. The molecule has 15 rings (SSSR count). The van der Waals surface area contributed by atoms with Gasteiger partial charge >= 0.3 is 0 Å². The normalized spacial score (nSPS) is 13.9. The molecule has 358 valence electrons. The zero-order valence-corrected chi connectivity index (χ0v) is 41.7. The lowest BCUT2D eigenvalue weighted by atomic mass is 9.66. The largest absolute Gasteiger partial charge is 0.456 e. The van der Waals surface area contributed by atoms with Crippen molar-refractivity contribution in [3.05, 3.63) is 301 Å². The Labute approximate surface area is 440 Å². The molecule has 0 aliphatic heterocycles. The average molecular weight is 973 g/mol. The first-order valence-electron chi connectivity index (χ1n) is 26.1. The summed E-state index contributed by atoms with van der Waals surface area (Å²) in [4.78, 5) is 4.75. The van der Waals surface area contributed by atoms with Gasteiger partial charge in [0.25, 0.3) is 0 Å². The Balaban J connectivity index is 1.02. The van der Waals surface area contributed by atoms with Gasteiger partial charge in [-0.1, -0.05) is 181 Å². The highest BCUT2D eigenvalue weighted by Gasteiger charge is 2.47. The molecule has 0 N–H and O–H groups in total. The van der Waals surface area contributed by atoms with Crippen molar-refractivity contribution in [2.24, 2.45) is 0 Å². The number of benzene rings is 12. The molecule has 0 bridgehead atoms. The first-order chi connectivity index (χ1) is 37.6. The maximum atomic E-state index is 6.65. The fourth-order valence-corrected chi connectivity index (χ4v) is 12.3. The minimum Gasteiger partial charge on any atom is -0.456 e. The van der Waals surface area contributed by atoms with E-state index in [2.05, 4.69) is 265 Å². The molecule has 0 saturated carbocycles. The van der Waals surface area contributed by atoms with Crippen LogP contribution < -0.4 is 9.80 Å². The van der Waals surface area contributed by atoms with Crippen molar-refractivity contribution in [2.45, 2.75) is 12.3 Å². The van der Waals surface area contributed by atoms with Crippen molar-refractivity contribution in [3.8, 4) is 22.3 Å². The van der Waals surface area contributed by atoms with E-state index < -0.39 is 5.41 Å². The van der Waals surface area contributed by atoms with E-state index >= 15 is 0 Å². The summed E-state index contributed by atoms with van der Waals surface area (Å²) >= 11 is 0. The predicted molar refractivity (Wildman–Crippen MR) is 315 cm³/mol. The van der Waals surface area contributed by atoms with E-state index in [1.807, 2.05) is 24.3 Å². The third-order valence-corrected chi connectivity index (χ3v) is 15.7. The molecule has 1 aliphatic carbocycles. The van der Waals surface area contributed by atoms with Crippen LogP contribution in [0, 0.1) is 6.92 Å². The third kappa shape index (κ3) is 6.84. The van der Waals surface area contributed by atoms with Crippen LogP contribution in [0.25, 0.3) is 76.9 Å². The predicted octanol–water partition coefficient (Wildman–Crippen LogP) is 19.9. The standard InChI is InChI=1S/C72H48N2O2/c1-47-29-33-52(34-30-47)72(51-18-5-2-6-19-51)66-43-49(32-37-60(66)64-38-31-48-17-11-12-24-59(48)71(64)72)50-41-57(73(53-20-7-3-8-21-53)54-22-9-4-10-23-54)44-58(42-50)74(55-36-40-69-65(45-55)62-26-14-16-28-68(62)75-69)56-35-39-63-61-25-13-15-27-67(61)76-70(63)46-56/h2-46H,1H3. The number of furan rings is 2. The van der Waals surface area contributed by atoms with Crippen LogP contribution in [-0.4, -0.2) is 0 Å². The number of para-hydroxylation sites is 4. The summed E-state index contributed by atoms with van der Waals surface area (Å²) in [6.45, 7) is 2.18. The molecule has 4 nitrogen and oxygen atoms in total. The van der Waals surface area contributed by atoms with Crippen LogP contribution in [0.1, 0.15) is 27.8 Å². The van der Waals surface area contributed by atoms with E-state index in [1.165, 1.54) is 49.7 Å². The summed E-state index contributed by atoms with van der Waals surface area (Å²) in [7, 11) is 0. The van der Waals surface area contributed by atoms with E-state index in [0.717, 1.165) is 89.1 Å². The van der Waals surface area contributed by atoms with Crippen LogP contribution >= 0.6 is 0 Å². The summed E-state index contributed by atoms with van der Waals surface area (Å²) in [5, 5.41) is 6.77. The smallest absolute Gasteiger partial charge is 0.137 e. The van der Waals surface area contributed by atoms with Crippen LogP contribution in [0.5, 0.6) is 0 Å². The minimum atomic E-state index is -0.631. The second-order valence-electron chi connectivity index (χ2n) is 20.1. The van der Waals surface area contributed by atoms with Crippen molar-refractivity contribution in [1.29, 1.82) is 0 Å². The van der Waals surface area contributed by atoms with Gasteiger partial charge in [0.2, 0.25) is 0 Å². The molecule has 1 aliphatic rings. The van der Waals surface area contributed by atoms with Gasteiger partial charge in [-0.25, -0.2) is 0 Å². The van der Waals surface area contributed by atoms with E-state index in [-0.39, 0.29) is 0 Å². The van der Waals surface area contributed by atoms with E-state index in [9.17, 15) is 0 Å². The molecule has 14 aromatic rings. The molecule has 2 heterocycles. The average Bonchev–Trinajstić information content (AvgIpc) is 4.32. The summed E-state index contributed by atoms with van der Waals surface area (Å²) in [6, 6.07) is 99.4. The summed E-state index contributed by atoms with van der Waals surface area (Å²) in [5.41, 5.74) is 19.8. The van der Waals surface area contributed by atoms with Gasteiger partial charge in [0, 0.05) is 61.7 Å². The van der Waals surface area contributed by atoms with Crippen molar-refractivity contribution in [2.75, 3.05) is 9.80 Å². The number of rotatable bonds is 9. The number of aryl methyl sites for hydroxylation is 1. The molecule has 76 heavy (non-hydrogen) atoms. The van der Waals surface area contributed by atoms with Gasteiger partial charge in [0.15, 0.2) is 0 Å². The monoisotopic (exact) mass is 972 g/mol. The maximum absolute atomic E-state index is 6.65. The fraction of sp³-hybridized carbons (Fsp3) is 0.0278. The zero-order chi connectivity index (χ0) is 50.3. The van der Waals surface area contributed by atoms with Crippen LogP contribution in [0.4, 0.5) is 34.1 Å². The lowest BCUT2D eigenvalue weighted by molar-refractivity contribution is 0.668. The Morgan fingerprint density at radius 1 is 0.303 bits per heavy atom. The molecule has 1 unspecified atom stereocenters. The Morgan fingerprint density at radius 3 is 1.54 bits per heavy atom. The maximum Gasteiger partial charge on any atom is 0.137 e. The van der Waals surface area contributed by atoms with E-state index in [1.54, 1.807) is 0 Å². The Kier molecular flexibility index (Phi) is 9.98. The second-order valence-corrected chi connectivity index (χ2v) is 20.1. The van der Waals surface area contributed by atoms with Crippen LogP contribution in [0.15, 0.2) is 282 Å². The molecule has 1 atom stereocenters. The van der Waals surface area contributed by atoms with Gasteiger partial charge in [-0.3, -0.25) is 0 Å². The quantitative estimate of drug-likeness (QED) is 0.144. The number of nitrogens with zero attached hydrogens (tertiary/aromatic N) is 2. The molecular formula is C72H48N2O2. The van der Waals surface area contributed by atoms with Crippen molar-refractivity contribution in [1.82, 2.24) is 0 Å². The molecule has 4 heteroatoms. The Morgan fingerprint density at radius 2 is 0.829 bits per heavy atom. The molecule has 0 fully saturated rings. The van der Waals surface area contributed by atoms with Gasteiger partial charge in [-0.05, 0) is 153 Å². The third-order valence-electron chi connectivity index (χ3n) is 15.7. The second kappa shape index (κ2) is 17.4. The van der Waals surface area contributed by atoms with Gasteiger partial charge in [-0.2, -0.15) is 0 Å². The van der Waals surface area contributed by atoms with E-state index in [0.29, 0.717) is 0 Å². The van der Waals surface area contributed by atoms with Gasteiger partial charge in [-0.15, -0.1) is 0 Å². The first kappa shape index (κ1) is 43.7. The fourth-order valence-electron chi connectivity index (χ4n) is 12.3. The SMILES string of the molecule is Cc1ccc(C2(c3ccccc3)c3cc(-c4cc(N(c5ccccc5)c5ccccc5)cc(N(c5ccc6c(c5)oc5ccccc56)c5ccc6oc7ccccc7c6c5)c4)ccc3-c3ccc4ccccc4c32)cc1. The topological polar surface area (TPSA) is 32.8 Å². The van der Waals surface area contributed by atoms with Crippen LogP contribution in [0.3, 0.4) is 0 Å². The van der Waals surface area contributed by atoms with Gasteiger partial charge < -0.3 is 18.6 Å². The molecule has 0 spiro atoms. The molecular weight excluding hydrogens is 925 g/mol. The molecule has 0 amide bonds. The lowest BCUT2D eigenvalue weighted by Gasteiger charge is -2.35. The number of hydrogen-bond donors (Lipinski definition) is 0. The summed E-state index contributed by atoms with van der Waals surface area (Å²) < 4.78 is 13.1. The lowest BCUT2D eigenvalue weighted by Crippen LogP contribution is -2.29. The number of anilines is 6. The van der Waals surface area contributed by atoms with Gasteiger partial charge in [0.05, 0.1) is 5.41 Å². The minimum absolute atomic E-state index is 0.631. The van der Waals surface area contributed by atoms with E-state index in [4.69, 9.17) is 8.83 Å². The van der Waals surface area contributed by atoms with Crippen LogP contribution in [-0.2, 0) is 5.41 Å². The highest BCUT2D eigenvalue weighted by Crippen LogP contribution is 2.59. The Bertz CT molecular complexity index is 4500. The van der Waals surface area contributed by atoms with Crippen molar-refractivity contribution >= 4 is 88.8 Å². The number of fused-ring (bicyclic) bond motifs is 11. The van der Waals surface area contributed by atoms with Crippen molar-refractivity contribution in [3.63, 3.8) is 0 Å². The summed E-state index contributed by atoms with van der Waals surface area (Å²) in [6.07, 6.45) is 0. The molecule has 0 radical (unpaired) electrons. The van der Waals surface area contributed by atoms with Crippen LogP contribution in [0.2, 0.25) is 0 Å². The van der Waals surface area contributed by atoms with Crippen molar-refractivity contribution < 1.29 is 8.83 Å². The highest BCUT2D eigenvalue weighted by atomic mass is 16.3. The molecule has 12 aromatic carbocycles. The zero-order valence-electron chi connectivity index (χ0n) is 41.7. The van der Waals surface area contributed by atoms with Gasteiger partial charge in [0.1, 0.15) is 22.3 Å². The highest BCUT2D eigenvalue weighted by molar-refractivity contribution is 6.09.